The molecule has 3 aromatic rings. The highest BCUT2D eigenvalue weighted by Gasteiger charge is 2.39. The fraction of sp³-hybridized carbons (Fsp3) is 0.286. The maximum atomic E-state index is 13.3. The summed E-state index contributed by atoms with van der Waals surface area (Å²) in [5.74, 6) is 0.119. The van der Waals surface area contributed by atoms with Crippen LogP contribution in [0, 0.1) is 0 Å². The molecule has 0 saturated carbocycles. The topological polar surface area (TPSA) is 67.4 Å². The molecule has 0 spiro atoms. The predicted molar refractivity (Wildman–Crippen MR) is 139 cm³/mol. The summed E-state index contributed by atoms with van der Waals surface area (Å²) in [7, 11) is 0. The van der Waals surface area contributed by atoms with Gasteiger partial charge in [-0.1, -0.05) is 91.0 Å². The molecule has 1 unspecified atom stereocenters. The maximum Gasteiger partial charge on any atom is 0.325 e. The van der Waals surface area contributed by atoms with Crippen LogP contribution in [0.5, 0.6) is 0 Å². The van der Waals surface area contributed by atoms with Crippen LogP contribution in [0.15, 0.2) is 91.0 Å². The molecule has 1 amide bonds. The molecular formula is C28H32N2O3S. The van der Waals surface area contributed by atoms with Gasteiger partial charge in [0.25, 0.3) is 0 Å². The first-order chi connectivity index (χ1) is 16.6. The molecule has 0 aliphatic heterocycles. The minimum absolute atomic E-state index is 0.154. The number of thioether (sulfide) groups is 1. The number of benzene rings is 3. The van der Waals surface area contributed by atoms with Crippen molar-refractivity contribution in [1.82, 2.24) is 10.6 Å². The Bertz CT molecular complexity index is 933. The van der Waals surface area contributed by atoms with Gasteiger partial charge < -0.3 is 10.1 Å². The molecule has 3 aromatic carbocycles. The number of ether oxygens (including phenoxy) is 1. The van der Waals surface area contributed by atoms with Gasteiger partial charge in [0.1, 0.15) is 6.54 Å². The van der Waals surface area contributed by atoms with E-state index in [0.29, 0.717) is 6.42 Å². The van der Waals surface area contributed by atoms with Crippen LogP contribution in [0.3, 0.4) is 0 Å². The Balaban J connectivity index is 2.08. The van der Waals surface area contributed by atoms with Crippen LogP contribution in [0.25, 0.3) is 0 Å². The quantitative estimate of drug-likeness (QED) is 0.300. The van der Waals surface area contributed by atoms with E-state index >= 15 is 0 Å². The summed E-state index contributed by atoms with van der Waals surface area (Å²) in [4.78, 5) is 25.2. The summed E-state index contributed by atoms with van der Waals surface area (Å²) in [6.07, 6.45) is 2.62. The molecule has 0 aliphatic carbocycles. The van der Waals surface area contributed by atoms with Gasteiger partial charge in [0.2, 0.25) is 5.91 Å². The molecule has 0 fully saturated rings. The van der Waals surface area contributed by atoms with Crippen LogP contribution in [0.1, 0.15) is 30.0 Å². The Morgan fingerprint density at radius 1 is 0.853 bits per heavy atom. The first-order valence-corrected chi connectivity index (χ1v) is 12.9. The highest BCUT2D eigenvalue weighted by Crippen LogP contribution is 2.37. The van der Waals surface area contributed by atoms with E-state index in [9.17, 15) is 9.59 Å². The van der Waals surface area contributed by atoms with Crippen LogP contribution < -0.4 is 10.6 Å². The van der Waals surface area contributed by atoms with Crippen LogP contribution >= 0.6 is 11.8 Å². The van der Waals surface area contributed by atoms with E-state index in [1.165, 1.54) is 0 Å². The maximum absolute atomic E-state index is 13.3. The summed E-state index contributed by atoms with van der Waals surface area (Å²) in [5.41, 5.74) is 2.31. The molecule has 3 rings (SSSR count). The SMILES string of the molecule is CCOC(=O)CNC(=O)C(CCSC)NC(c1ccccc1)(c1ccccc1)c1ccccc1. The fourth-order valence-corrected chi connectivity index (χ4v) is 4.55. The summed E-state index contributed by atoms with van der Waals surface area (Å²) < 4.78 is 4.98. The van der Waals surface area contributed by atoms with E-state index in [-0.39, 0.29) is 19.1 Å². The minimum atomic E-state index is -0.770. The van der Waals surface area contributed by atoms with Crippen LogP contribution in [0.4, 0.5) is 0 Å². The van der Waals surface area contributed by atoms with Crippen LogP contribution in [0.2, 0.25) is 0 Å². The summed E-state index contributed by atoms with van der Waals surface area (Å²) in [6, 6.07) is 30.0. The van der Waals surface area contributed by atoms with E-state index in [4.69, 9.17) is 4.74 Å². The summed E-state index contributed by atoms with van der Waals surface area (Å²) in [5, 5.41) is 6.50. The number of rotatable bonds is 12. The van der Waals surface area contributed by atoms with Crippen LogP contribution in [-0.2, 0) is 19.9 Å². The number of amides is 1. The highest BCUT2D eigenvalue weighted by molar-refractivity contribution is 7.98. The summed E-state index contributed by atoms with van der Waals surface area (Å²) >= 11 is 1.68. The first kappa shape index (κ1) is 25.5. The third-order valence-corrected chi connectivity index (χ3v) is 6.29. The second-order valence-corrected chi connectivity index (χ2v) is 8.83. The van der Waals surface area contributed by atoms with Crippen molar-refractivity contribution in [2.24, 2.45) is 0 Å². The number of hydrogen-bond donors (Lipinski definition) is 2. The van der Waals surface area contributed by atoms with Gasteiger partial charge in [0, 0.05) is 0 Å². The van der Waals surface area contributed by atoms with Gasteiger partial charge in [-0.3, -0.25) is 14.9 Å². The fourth-order valence-electron chi connectivity index (χ4n) is 4.07. The molecule has 0 aromatic heterocycles. The molecule has 34 heavy (non-hydrogen) atoms. The van der Waals surface area contributed by atoms with Crippen molar-refractivity contribution >= 4 is 23.6 Å². The number of carbonyl (C=O) groups is 2. The van der Waals surface area contributed by atoms with E-state index in [0.717, 1.165) is 22.4 Å². The molecule has 6 heteroatoms. The van der Waals surface area contributed by atoms with Crippen molar-refractivity contribution in [2.45, 2.75) is 24.9 Å². The lowest BCUT2D eigenvalue weighted by Crippen LogP contribution is -2.55. The number of nitrogens with one attached hydrogen (secondary N) is 2. The van der Waals surface area contributed by atoms with Crippen molar-refractivity contribution < 1.29 is 14.3 Å². The third-order valence-electron chi connectivity index (χ3n) is 5.65. The number of esters is 1. The van der Waals surface area contributed by atoms with Crippen molar-refractivity contribution in [1.29, 1.82) is 0 Å². The van der Waals surface area contributed by atoms with Gasteiger partial charge >= 0.3 is 5.97 Å². The lowest BCUT2D eigenvalue weighted by Gasteiger charge is -2.40. The van der Waals surface area contributed by atoms with E-state index in [1.807, 2.05) is 60.9 Å². The smallest absolute Gasteiger partial charge is 0.325 e. The molecule has 1 atom stereocenters. The van der Waals surface area contributed by atoms with Gasteiger partial charge in [-0.15, -0.1) is 0 Å². The molecular weight excluding hydrogens is 444 g/mol. The van der Waals surface area contributed by atoms with E-state index < -0.39 is 17.6 Å². The van der Waals surface area contributed by atoms with E-state index in [2.05, 4.69) is 47.0 Å². The van der Waals surface area contributed by atoms with Gasteiger partial charge in [-0.25, -0.2) is 0 Å². The lowest BCUT2D eigenvalue weighted by atomic mass is 9.76. The zero-order valence-electron chi connectivity index (χ0n) is 19.7. The van der Waals surface area contributed by atoms with Gasteiger partial charge in [0.15, 0.2) is 0 Å². The van der Waals surface area contributed by atoms with Crippen molar-refractivity contribution in [3.8, 4) is 0 Å². The molecule has 0 saturated heterocycles. The number of hydrogen-bond acceptors (Lipinski definition) is 5. The minimum Gasteiger partial charge on any atom is -0.465 e. The number of carbonyl (C=O) groups excluding carboxylic acids is 2. The van der Waals surface area contributed by atoms with E-state index in [1.54, 1.807) is 18.7 Å². The van der Waals surface area contributed by atoms with Crippen LogP contribution in [-0.4, -0.2) is 43.1 Å². The highest BCUT2D eigenvalue weighted by atomic mass is 32.2. The third kappa shape index (κ3) is 6.27. The van der Waals surface area contributed by atoms with Gasteiger partial charge in [0.05, 0.1) is 18.2 Å². The zero-order chi connectivity index (χ0) is 24.2. The normalized spacial score (nSPS) is 12.1. The first-order valence-electron chi connectivity index (χ1n) is 11.5. The summed E-state index contributed by atoms with van der Waals surface area (Å²) in [6.45, 7) is 1.87. The Morgan fingerprint density at radius 3 is 1.74 bits per heavy atom. The van der Waals surface area contributed by atoms with Gasteiger partial charge in [-0.2, -0.15) is 11.8 Å². The standard InChI is InChI=1S/C28H32N2O3S/c1-3-33-26(31)21-29-27(32)25(19-20-34-2)30-28(22-13-7-4-8-14-22,23-15-9-5-10-16-23)24-17-11-6-12-18-24/h4-18,25,30H,3,19-21H2,1-2H3,(H,29,32). The molecule has 0 radical (unpaired) electrons. The average Bonchev–Trinajstić information content (AvgIpc) is 2.89. The largest absolute Gasteiger partial charge is 0.465 e. The predicted octanol–water partition coefficient (Wildman–Crippen LogP) is 4.37. The van der Waals surface area contributed by atoms with Crippen molar-refractivity contribution in [3.05, 3.63) is 108 Å². The van der Waals surface area contributed by atoms with Crippen molar-refractivity contribution in [2.75, 3.05) is 25.2 Å². The molecule has 0 aliphatic rings. The second-order valence-electron chi connectivity index (χ2n) is 7.85. The average molecular weight is 477 g/mol. The molecule has 5 nitrogen and oxygen atoms in total. The Morgan fingerprint density at radius 2 is 1.32 bits per heavy atom. The lowest BCUT2D eigenvalue weighted by molar-refractivity contribution is -0.143. The zero-order valence-corrected chi connectivity index (χ0v) is 20.5. The Hall–Kier alpha value is -3.09. The molecule has 178 valence electrons. The molecule has 0 heterocycles. The Kier molecular flexibility index (Phi) is 9.74. The molecule has 2 N–H and O–H groups in total. The molecule has 0 bridgehead atoms. The second kappa shape index (κ2) is 13.0. The Labute approximate surface area is 206 Å². The van der Waals surface area contributed by atoms with Crippen molar-refractivity contribution in [3.63, 3.8) is 0 Å². The monoisotopic (exact) mass is 476 g/mol. The van der Waals surface area contributed by atoms with Gasteiger partial charge in [-0.05, 0) is 42.0 Å².